The van der Waals surface area contributed by atoms with Gasteiger partial charge in [-0.3, -0.25) is 9.59 Å². The zero-order chi connectivity index (χ0) is 26.4. The summed E-state index contributed by atoms with van der Waals surface area (Å²) in [6, 6.07) is 19.0. The number of thioether (sulfide) groups is 1. The monoisotopic (exact) mass is 574 g/mol. The third kappa shape index (κ3) is 7.57. The number of carboxylic acids is 1. The van der Waals surface area contributed by atoms with Gasteiger partial charge in [0.2, 0.25) is 0 Å². The summed E-state index contributed by atoms with van der Waals surface area (Å²) in [5.74, 6) is -2.01. The molecule has 0 bridgehead atoms. The molecule has 0 saturated carbocycles. The van der Waals surface area contributed by atoms with Crippen molar-refractivity contribution in [2.45, 2.75) is 42.5 Å². The Morgan fingerprint density at radius 2 is 1.54 bits per heavy atom. The first-order chi connectivity index (χ1) is 17.8. The molecule has 11 heteroatoms. The van der Waals surface area contributed by atoms with Crippen LogP contribution in [-0.2, 0) is 4.79 Å². The number of anilines is 1. The molecule has 0 fully saturated rings. The number of carbonyl (C=O) groups excluding carboxylic acids is 1. The maximum absolute atomic E-state index is 13.4. The number of hydrogen-bond acceptors (Lipinski definition) is 7. The third-order valence-electron chi connectivity index (χ3n) is 4.85. The van der Waals surface area contributed by atoms with Gasteiger partial charge in [0, 0.05) is 14.7 Å². The normalized spacial score (nSPS) is 11.8. The standard InChI is InChI=1S/C26H20F2N2O3S4/c1-2-19(26(32)33)36-23-14-13-22(37-23)30-25(31)24-20(34-17-7-3-15(27)4-8-17)11-12-21(29-24)35-18-9-5-16(28)6-10-18/h3-14,19H,2H2,1H3,(H,30,31)(H,32,33). The van der Waals surface area contributed by atoms with Crippen molar-refractivity contribution < 1.29 is 23.5 Å². The van der Waals surface area contributed by atoms with Gasteiger partial charge in [0.25, 0.3) is 5.91 Å². The minimum Gasteiger partial charge on any atom is -0.480 e. The number of hydrogen-bond donors (Lipinski definition) is 2. The van der Waals surface area contributed by atoms with Crippen LogP contribution in [0.25, 0.3) is 0 Å². The molecule has 37 heavy (non-hydrogen) atoms. The van der Waals surface area contributed by atoms with Crippen molar-refractivity contribution in [2.75, 3.05) is 5.32 Å². The van der Waals surface area contributed by atoms with E-state index < -0.39 is 17.1 Å². The van der Waals surface area contributed by atoms with Gasteiger partial charge in [-0.05, 0) is 79.2 Å². The number of aromatic nitrogens is 1. The molecular weight excluding hydrogens is 555 g/mol. The van der Waals surface area contributed by atoms with Crippen LogP contribution in [-0.4, -0.2) is 27.2 Å². The molecule has 4 aromatic rings. The van der Waals surface area contributed by atoms with Gasteiger partial charge in [0.1, 0.15) is 27.6 Å². The number of rotatable bonds is 10. The molecule has 0 saturated heterocycles. The molecule has 2 aromatic carbocycles. The van der Waals surface area contributed by atoms with Gasteiger partial charge in [0.05, 0.1) is 9.21 Å². The van der Waals surface area contributed by atoms with Gasteiger partial charge in [0.15, 0.2) is 0 Å². The second-order valence-corrected chi connectivity index (χ2v) is 12.3. The van der Waals surface area contributed by atoms with Gasteiger partial charge in [-0.2, -0.15) is 0 Å². The van der Waals surface area contributed by atoms with Crippen LogP contribution < -0.4 is 5.32 Å². The fourth-order valence-electron chi connectivity index (χ4n) is 3.05. The van der Waals surface area contributed by atoms with E-state index in [1.165, 1.54) is 70.9 Å². The fraction of sp³-hybridized carbons (Fsp3) is 0.115. The van der Waals surface area contributed by atoms with Crippen LogP contribution in [0.4, 0.5) is 13.8 Å². The minimum atomic E-state index is -0.881. The largest absolute Gasteiger partial charge is 0.480 e. The van der Waals surface area contributed by atoms with Gasteiger partial charge in [-0.25, -0.2) is 13.8 Å². The number of carbonyl (C=O) groups is 2. The minimum absolute atomic E-state index is 0.181. The van der Waals surface area contributed by atoms with E-state index in [-0.39, 0.29) is 17.3 Å². The molecule has 0 aliphatic rings. The molecule has 1 atom stereocenters. The molecule has 2 heterocycles. The second kappa shape index (κ2) is 12.6. The maximum Gasteiger partial charge on any atom is 0.317 e. The lowest BCUT2D eigenvalue weighted by Crippen LogP contribution is -2.14. The number of thiophene rings is 1. The number of amides is 1. The predicted octanol–water partition coefficient (Wildman–Crippen LogP) is 7.93. The van der Waals surface area contributed by atoms with E-state index in [4.69, 9.17) is 0 Å². The lowest BCUT2D eigenvalue weighted by molar-refractivity contribution is -0.136. The molecule has 190 valence electrons. The molecule has 0 spiro atoms. The smallest absolute Gasteiger partial charge is 0.317 e. The number of nitrogens with zero attached hydrogens (tertiary/aromatic N) is 1. The zero-order valence-corrected chi connectivity index (χ0v) is 22.6. The van der Waals surface area contributed by atoms with Crippen molar-refractivity contribution in [3.8, 4) is 0 Å². The Bertz CT molecular complexity index is 1400. The average Bonchev–Trinajstić information content (AvgIpc) is 3.32. The Labute approximate surface area is 229 Å². The summed E-state index contributed by atoms with van der Waals surface area (Å²) in [5, 5.41) is 12.7. The second-order valence-electron chi connectivity index (χ2n) is 7.53. The maximum atomic E-state index is 13.4. The molecule has 0 aliphatic carbocycles. The highest BCUT2D eigenvalue weighted by Crippen LogP contribution is 2.36. The lowest BCUT2D eigenvalue weighted by Gasteiger charge is -2.11. The Kier molecular flexibility index (Phi) is 9.25. The predicted molar refractivity (Wildman–Crippen MR) is 145 cm³/mol. The summed E-state index contributed by atoms with van der Waals surface area (Å²) in [6.45, 7) is 1.81. The summed E-state index contributed by atoms with van der Waals surface area (Å²) >= 11 is 5.10. The third-order valence-corrected chi connectivity index (χ3v) is 9.37. The van der Waals surface area contributed by atoms with Crippen LogP contribution in [0.5, 0.6) is 0 Å². The fourth-order valence-corrected chi connectivity index (χ4v) is 6.87. The van der Waals surface area contributed by atoms with Gasteiger partial charge >= 0.3 is 5.97 Å². The van der Waals surface area contributed by atoms with Crippen molar-refractivity contribution in [1.29, 1.82) is 0 Å². The van der Waals surface area contributed by atoms with Crippen LogP contribution in [0, 0.1) is 11.6 Å². The summed E-state index contributed by atoms with van der Waals surface area (Å²) in [6.07, 6.45) is 0.478. The van der Waals surface area contributed by atoms with Crippen LogP contribution in [0.2, 0.25) is 0 Å². The molecule has 1 amide bonds. The Hall–Kier alpha value is -2.86. The zero-order valence-electron chi connectivity index (χ0n) is 19.3. The summed E-state index contributed by atoms with van der Waals surface area (Å²) in [4.78, 5) is 31.3. The number of pyridine rings is 1. The summed E-state index contributed by atoms with van der Waals surface area (Å²) in [7, 11) is 0. The number of halogens is 2. The molecular formula is C26H20F2N2O3S4. The Morgan fingerprint density at radius 1 is 0.919 bits per heavy atom. The lowest BCUT2D eigenvalue weighted by atomic mass is 10.3. The molecule has 1 unspecified atom stereocenters. The Balaban J connectivity index is 1.58. The quantitative estimate of drug-likeness (QED) is 0.186. The van der Waals surface area contributed by atoms with Crippen molar-refractivity contribution in [3.63, 3.8) is 0 Å². The van der Waals surface area contributed by atoms with E-state index in [1.807, 2.05) is 6.92 Å². The van der Waals surface area contributed by atoms with Gasteiger partial charge < -0.3 is 10.4 Å². The molecule has 2 N–H and O–H groups in total. The molecule has 5 nitrogen and oxygen atoms in total. The van der Waals surface area contributed by atoms with Crippen LogP contribution in [0.3, 0.4) is 0 Å². The van der Waals surface area contributed by atoms with Crippen molar-refractivity contribution >= 4 is 63.5 Å². The van der Waals surface area contributed by atoms with Crippen molar-refractivity contribution in [3.05, 3.63) is 90.1 Å². The number of nitrogens with one attached hydrogen (secondary N) is 1. The number of carboxylic acid groups (broad SMARTS) is 1. The summed E-state index contributed by atoms with van der Waals surface area (Å²) in [5.41, 5.74) is 0.181. The number of benzene rings is 2. The van der Waals surface area contributed by atoms with E-state index in [1.54, 1.807) is 48.5 Å². The molecule has 4 rings (SSSR count). The van der Waals surface area contributed by atoms with E-state index >= 15 is 0 Å². The molecule has 0 aliphatic heterocycles. The molecule has 0 radical (unpaired) electrons. The van der Waals surface area contributed by atoms with E-state index in [0.717, 1.165) is 14.0 Å². The highest BCUT2D eigenvalue weighted by molar-refractivity contribution is 8.02. The van der Waals surface area contributed by atoms with Crippen molar-refractivity contribution in [2.24, 2.45) is 0 Å². The highest BCUT2D eigenvalue weighted by Gasteiger charge is 2.20. The first-order valence-electron chi connectivity index (χ1n) is 11.0. The first-order valence-corrected chi connectivity index (χ1v) is 14.3. The first kappa shape index (κ1) is 27.2. The van der Waals surface area contributed by atoms with E-state index in [0.29, 0.717) is 21.3 Å². The van der Waals surface area contributed by atoms with Crippen LogP contribution in [0.15, 0.2) is 96.7 Å². The van der Waals surface area contributed by atoms with Gasteiger partial charge in [-0.1, -0.05) is 30.4 Å². The number of aliphatic carboxylic acids is 1. The highest BCUT2D eigenvalue weighted by atomic mass is 32.2. The van der Waals surface area contributed by atoms with Crippen LogP contribution >= 0.6 is 46.6 Å². The van der Waals surface area contributed by atoms with Gasteiger partial charge in [-0.15, -0.1) is 23.1 Å². The topological polar surface area (TPSA) is 79.3 Å². The van der Waals surface area contributed by atoms with Crippen LogP contribution in [0.1, 0.15) is 23.8 Å². The SMILES string of the molecule is CCC(Sc1ccc(NC(=O)c2nc(Sc3ccc(F)cc3)ccc2Sc2ccc(F)cc2)s1)C(=O)O. The van der Waals surface area contributed by atoms with E-state index in [2.05, 4.69) is 10.3 Å². The molecule has 2 aromatic heterocycles. The van der Waals surface area contributed by atoms with Crippen molar-refractivity contribution in [1.82, 2.24) is 4.98 Å². The average molecular weight is 575 g/mol. The summed E-state index contributed by atoms with van der Waals surface area (Å²) < 4.78 is 27.4. The Morgan fingerprint density at radius 3 is 2.14 bits per heavy atom. The van der Waals surface area contributed by atoms with E-state index in [9.17, 15) is 23.5 Å².